The lowest BCUT2D eigenvalue weighted by molar-refractivity contribution is 0.128. The summed E-state index contributed by atoms with van der Waals surface area (Å²) in [5, 5.41) is 9.50. The zero-order valence-electron chi connectivity index (χ0n) is 6.90. The Bertz CT molecular complexity index is 285. The Morgan fingerprint density at radius 1 is 1.33 bits per heavy atom. The van der Waals surface area contributed by atoms with Gasteiger partial charge < -0.3 is 10.8 Å². The summed E-state index contributed by atoms with van der Waals surface area (Å²) >= 11 is 0. The molecule has 3 N–H and O–H groups in total. The molecule has 1 aromatic carbocycles. The molecule has 0 aliphatic heterocycles. The van der Waals surface area contributed by atoms with Crippen LogP contribution in [0.3, 0.4) is 0 Å². The molecule has 2 atom stereocenters. The van der Waals surface area contributed by atoms with Crippen molar-refractivity contribution >= 4 is 0 Å². The first kappa shape index (κ1) is 7.77. The van der Waals surface area contributed by atoms with Crippen LogP contribution in [0.5, 0.6) is 0 Å². The van der Waals surface area contributed by atoms with Crippen LogP contribution in [-0.4, -0.2) is 11.2 Å². The minimum Gasteiger partial charge on any atom is -0.391 e. The second-order valence-corrected chi connectivity index (χ2v) is 3.33. The second kappa shape index (κ2) is 2.88. The quantitative estimate of drug-likeness (QED) is 0.599. The lowest BCUT2D eigenvalue weighted by Gasteiger charge is -2.26. The molecule has 1 aliphatic rings. The molecule has 2 nitrogen and oxygen atoms in total. The average Bonchev–Trinajstić information content (AvgIpc) is 2.12. The van der Waals surface area contributed by atoms with E-state index in [4.69, 9.17) is 5.73 Å². The van der Waals surface area contributed by atoms with Crippen LogP contribution in [0.1, 0.15) is 23.6 Å². The van der Waals surface area contributed by atoms with Gasteiger partial charge in [0, 0.05) is 0 Å². The topological polar surface area (TPSA) is 46.2 Å². The van der Waals surface area contributed by atoms with Crippen LogP contribution in [-0.2, 0) is 6.42 Å². The minimum absolute atomic E-state index is 0.185. The normalized spacial score (nSPS) is 28.2. The third-order valence-electron chi connectivity index (χ3n) is 2.54. The Kier molecular flexibility index (Phi) is 1.87. The zero-order valence-corrected chi connectivity index (χ0v) is 6.90. The van der Waals surface area contributed by atoms with Crippen molar-refractivity contribution in [3.05, 3.63) is 35.4 Å². The second-order valence-electron chi connectivity index (χ2n) is 3.33. The van der Waals surface area contributed by atoms with Gasteiger partial charge in [-0.25, -0.2) is 0 Å². The fraction of sp³-hybridized carbons (Fsp3) is 0.400. The highest BCUT2D eigenvalue weighted by molar-refractivity contribution is 5.32. The molecule has 0 amide bonds. The summed E-state index contributed by atoms with van der Waals surface area (Å²) in [7, 11) is 0. The highest BCUT2D eigenvalue weighted by Crippen LogP contribution is 2.27. The molecule has 0 spiro atoms. The molecule has 12 heavy (non-hydrogen) atoms. The maximum absolute atomic E-state index is 9.50. The van der Waals surface area contributed by atoms with Crippen molar-refractivity contribution in [2.75, 3.05) is 0 Å². The van der Waals surface area contributed by atoms with Gasteiger partial charge in [-0.2, -0.15) is 0 Å². The number of nitrogens with two attached hydrogens (primary N) is 1. The van der Waals surface area contributed by atoms with Gasteiger partial charge in [0.2, 0.25) is 0 Å². The van der Waals surface area contributed by atoms with E-state index in [1.807, 2.05) is 18.2 Å². The summed E-state index contributed by atoms with van der Waals surface area (Å²) in [5.41, 5.74) is 8.23. The van der Waals surface area contributed by atoms with Crippen molar-refractivity contribution in [2.24, 2.45) is 5.73 Å². The predicted octanol–water partition coefficient (Wildman–Crippen LogP) is 0.994. The van der Waals surface area contributed by atoms with Crippen LogP contribution < -0.4 is 5.73 Å². The molecule has 1 aromatic rings. The zero-order chi connectivity index (χ0) is 8.55. The number of fused-ring (bicyclic) bond motifs is 1. The highest BCUT2D eigenvalue weighted by atomic mass is 16.3. The SMILES string of the molecule is N[C@@H]1c2ccccc2CC[C@@H]1O. The molecule has 2 heteroatoms. The molecule has 0 saturated heterocycles. The maximum atomic E-state index is 9.50. The molecule has 0 aromatic heterocycles. The van der Waals surface area contributed by atoms with Gasteiger partial charge in [-0.3, -0.25) is 0 Å². The Labute approximate surface area is 72.0 Å². The Morgan fingerprint density at radius 3 is 2.92 bits per heavy atom. The first-order chi connectivity index (χ1) is 5.79. The van der Waals surface area contributed by atoms with E-state index in [9.17, 15) is 5.11 Å². The summed E-state index contributed by atoms with van der Waals surface area (Å²) in [6.45, 7) is 0. The first-order valence-corrected chi connectivity index (χ1v) is 4.30. The Hall–Kier alpha value is -0.860. The third-order valence-corrected chi connectivity index (χ3v) is 2.54. The molecule has 1 aliphatic carbocycles. The van der Waals surface area contributed by atoms with Crippen LogP contribution in [0.4, 0.5) is 0 Å². The number of hydrogen-bond donors (Lipinski definition) is 2. The molecule has 0 saturated carbocycles. The lowest BCUT2D eigenvalue weighted by Crippen LogP contribution is -2.31. The lowest BCUT2D eigenvalue weighted by atomic mass is 9.86. The van der Waals surface area contributed by atoms with Crippen molar-refractivity contribution in [1.82, 2.24) is 0 Å². The van der Waals surface area contributed by atoms with E-state index in [0.717, 1.165) is 18.4 Å². The smallest absolute Gasteiger partial charge is 0.0736 e. The van der Waals surface area contributed by atoms with Crippen molar-refractivity contribution in [2.45, 2.75) is 25.0 Å². The van der Waals surface area contributed by atoms with Crippen LogP contribution in [0.25, 0.3) is 0 Å². The fourth-order valence-corrected chi connectivity index (χ4v) is 1.78. The van der Waals surface area contributed by atoms with Crippen LogP contribution in [0.15, 0.2) is 24.3 Å². The summed E-state index contributed by atoms with van der Waals surface area (Å²) in [6, 6.07) is 7.89. The van der Waals surface area contributed by atoms with Crippen molar-refractivity contribution in [1.29, 1.82) is 0 Å². The molecule has 0 radical (unpaired) electrons. The van der Waals surface area contributed by atoms with Gasteiger partial charge in [0.25, 0.3) is 0 Å². The van der Waals surface area contributed by atoms with Crippen LogP contribution in [0.2, 0.25) is 0 Å². The standard InChI is InChI=1S/C10H13NO/c11-10-8-4-2-1-3-7(8)5-6-9(10)12/h1-4,9-10,12H,5-6,11H2/t9-,10+/m0/s1. The minimum atomic E-state index is -0.361. The van der Waals surface area contributed by atoms with E-state index in [1.165, 1.54) is 5.56 Å². The molecule has 64 valence electrons. The van der Waals surface area contributed by atoms with Gasteiger partial charge in [0.1, 0.15) is 0 Å². The number of aryl methyl sites for hydroxylation is 1. The Balaban J connectivity index is 2.42. The summed E-state index contributed by atoms with van der Waals surface area (Å²) < 4.78 is 0. The molecule has 0 fully saturated rings. The number of hydrogen-bond acceptors (Lipinski definition) is 2. The first-order valence-electron chi connectivity index (χ1n) is 4.30. The Morgan fingerprint density at radius 2 is 2.08 bits per heavy atom. The molecule has 0 heterocycles. The summed E-state index contributed by atoms with van der Waals surface area (Å²) in [4.78, 5) is 0. The van der Waals surface area contributed by atoms with Gasteiger partial charge in [-0.15, -0.1) is 0 Å². The number of rotatable bonds is 0. The highest BCUT2D eigenvalue weighted by Gasteiger charge is 2.23. The largest absolute Gasteiger partial charge is 0.391 e. The molecular formula is C10H13NO. The van der Waals surface area contributed by atoms with Crippen LogP contribution in [0, 0.1) is 0 Å². The third kappa shape index (κ3) is 1.13. The van der Waals surface area contributed by atoms with E-state index in [2.05, 4.69) is 6.07 Å². The summed E-state index contributed by atoms with van der Waals surface area (Å²) in [5.74, 6) is 0. The molecular weight excluding hydrogens is 150 g/mol. The summed E-state index contributed by atoms with van der Waals surface area (Å²) in [6.07, 6.45) is 1.38. The predicted molar refractivity (Wildman–Crippen MR) is 47.7 cm³/mol. The van der Waals surface area contributed by atoms with E-state index < -0.39 is 0 Å². The monoisotopic (exact) mass is 163 g/mol. The van der Waals surface area contributed by atoms with Crippen LogP contribution >= 0.6 is 0 Å². The van der Waals surface area contributed by atoms with Crippen molar-refractivity contribution < 1.29 is 5.11 Å². The van der Waals surface area contributed by atoms with Gasteiger partial charge in [-0.1, -0.05) is 24.3 Å². The van der Waals surface area contributed by atoms with Gasteiger partial charge >= 0.3 is 0 Å². The molecule has 2 rings (SSSR count). The van der Waals surface area contributed by atoms with Gasteiger partial charge in [0.05, 0.1) is 12.1 Å². The number of aliphatic hydroxyl groups excluding tert-OH is 1. The maximum Gasteiger partial charge on any atom is 0.0736 e. The van der Waals surface area contributed by atoms with E-state index in [-0.39, 0.29) is 12.1 Å². The fourth-order valence-electron chi connectivity index (χ4n) is 1.78. The number of aliphatic hydroxyl groups is 1. The average molecular weight is 163 g/mol. The van der Waals surface area contributed by atoms with E-state index >= 15 is 0 Å². The van der Waals surface area contributed by atoms with Crippen molar-refractivity contribution in [3.63, 3.8) is 0 Å². The van der Waals surface area contributed by atoms with Crippen molar-refractivity contribution in [3.8, 4) is 0 Å². The van der Waals surface area contributed by atoms with E-state index in [1.54, 1.807) is 0 Å². The molecule has 0 unspecified atom stereocenters. The van der Waals surface area contributed by atoms with E-state index in [0.29, 0.717) is 0 Å². The molecule has 0 bridgehead atoms. The van der Waals surface area contributed by atoms with Gasteiger partial charge in [-0.05, 0) is 24.0 Å². The van der Waals surface area contributed by atoms with Gasteiger partial charge in [0.15, 0.2) is 0 Å². The number of benzene rings is 1.